The molecule has 1 N–H and O–H groups in total. The number of aromatic nitrogens is 2. The van der Waals surface area contributed by atoms with E-state index in [2.05, 4.69) is 14.7 Å². The quantitative estimate of drug-likeness (QED) is 0.885. The molecule has 0 fully saturated rings. The minimum absolute atomic E-state index is 0.0461. The van der Waals surface area contributed by atoms with Gasteiger partial charge in [0.1, 0.15) is 10.0 Å². The molecule has 5 nitrogen and oxygen atoms in total. The summed E-state index contributed by atoms with van der Waals surface area (Å²) in [4.78, 5) is 7.44. The van der Waals surface area contributed by atoms with Crippen molar-refractivity contribution < 1.29 is 8.42 Å². The van der Waals surface area contributed by atoms with Gasteiger partial charge < -0.3 is 0 Å². The zero-order chi connectivity index (χ0) is 13.2. The Bertz CT molecular complexity index is 676. The molecule has 0 saturated heterocycles. The van der Waals surface area contributed by atoms with Gasteiger partial charge in [-0.3, -0.25) is 0 Å². The summed E-state index contributed by atoms with van der Waals surface area (Å²) >= 11 is 11.5. The second-order valence-electron chi connectivity index (χ2n) is 3.24. The van der Waals surface area contributed by atoms with Crippen LogP contribution in [0.1, 0.15) is 0 Å². The van der Waals surface area contributed by atoms with E-state index in [9.17, 15) is 8.42 Å². The molecule has 0 aliphatic heterocycles. The summed E-state index contributed by atoms with van der Waals surface area (Å²) in [6, 6.07) is 7.51. The number of anilines is 1. The van der Waals surface area contributed by atoms with Crippen LogP contribution in [-0.4, -0.2) is 18.4 Å². The minimum Gasteiger partial charge on any atom is -0.247 e. The molecule has 0 spiro atoms. The van der Waals surface area contributed by atoms with Gasteiger partial charge in [-0.25, -0.2) is 23.1 Å². The highest BCUT2D eigenvalue weighted by Crippen LogP contribution is 2.22. The Morgan fingerprint density at radius 2 is 1.83 bits per heavy atom. The first-order valence-corrected chi connectivity index (χ1v) is 6.99. The number of halogens is 2. The van der Waals surface area contributed by atoms with Gasteiger partial charge in [-0.2, -0.15) is 0 Å². The molecule has 1 heterocycles. The van der Waals surface area contributed by atoms with E-state index in [-0.39, 0.29) is 21.0 Å². The molecule has 0 atom stereocenters. The van der Waals surface area contributed by atoms with Crippen molar-refractivity contribution in [3.8, 4) is 0 Å². The lowest BCUT2D eigenvalue weighted by atomic mass is 10.4. The summed E-state index contributed by atoms with van der Waals surface area (Å²) in [5.74, 6) is -0.109. The van der Waals surface area contributed by atoms with Gasteiger partial charge in [-0.05, 0) is 18.2 Å². The standard InChI is InChI=1S/C10H7Cl2N3O2S/c11-7-3-1-2-4-8(7)18(16,17)15-10-13-6-5-9(12)14-10/h1-6H,(H,13,14,15). The lowest BCUT2D eigenvalue weighted by Gasteiger charge is -2.07. The van der Waals surface area contributed by atoms with E-state index in [1.807, 2.05) is 0 Å². The van der Waals surface area contributed by atoms with Gasteiger partial charge in [-0.1, -0.05) is 35.3 Å². The van der Waals surface area contributed by atoms with Crippen LogP contribution in [0.15, 0.2) is 41.4 Å². The highest BCUT2D eigenvalue weighted by molar-refractivity contribution is 7.92. The smallest absolute Gasteiger partial charge is 0.247 e. The van der Waals surface area contributed by atoms with Crippen LogP contribution in [0.2, 0.25) is 10.2 Å². The molecule has 8 heteroatoms. The monoisotopic (exact) mass is 303 g/mol. The van der Waals surface area contributed by atoms with Crippen molar-refractivity contribution in [1.29, 1.82) is 0 Å². The van der Waals surface area contributed by atoms with Crippen molar-refractivity contribution in [3.63, 3.8) is 0 Å². The largest absolute Gasteiger partial charge is 0.265 e. The molecule has 1 aromatic heterocycles. The first-order chi connectivity index (χ1) is 8.49. The van der Waals surface area contributed by atoms with Crippen LogP contribution in [0.5, 0.6) is 0 Å². The normalized spacial score (nSPS) is 11.2. The number of nitrogens with zero attached hydrogens (tertiary/aromatic N) is 2. The second-order valence-corrected chi connectivity index (χ2v) is 5.68. The summed E-state index contributed by atoms with van der Waals surface area (Å²) in [5, 5.41) is 0.258. The lowest BCUT2D eigenvalue weighted by Crippen LogP contribution is -2.15. The molecule has 18 heavy (non-hydrogen) atoms. The number of nitrogens with one attached hydrogen (secondary N) is 1. The molecule has 94 valence electrons. The van der Waals surface area contributed by atoms with Crippen LogP contribution in [0, 0.1) is 0 Å². The van der Waals surface area contributed by atoms with Crippen molar-refractivity contribution in [1.82, 2.24) is 9.97 Å². The van der Waals surface area contributed by atoms with Crippen molar-refractivity contribution in [2.45, 2.75) is 4.90 Å². The van der Waals surface area contributed by atoms with Crippen molar-refractivity contribution >= 4 is 39.2 Å². The molecule has 2 aromatic rings. The third-order valence-corrected chi connectivity index (χ3v) is 4.01. The van der Waals surface area contributed by atoms with Crippen LogP contribution in [0.25, 0.3) is 0 Å². The van der Waals surface area contributed by atoms with Gasteiger partial charge in [0.15, 0.2) is 0 Å². The molecule has 2 rings (SSSR count). The molecule has 0 radical (unpaired) electrons. The summed E-state index contributed by atoms with van der Waals surface area (Å²) in [5.41, 5.74) is 0. The van der Waals surface area contributed by atoms with Crippen LogP contribution in [-0.2, 0) is 10.0 Å². The van der Waals surface area contributed by atoms with Crippen LogP contribution >= 0.6 is 23.2 Å². The Kier molecular flexibility index (Phi) is 3.70. The summed E-state index contributed by atoms with van der Waals surface area (Å²) in [7, 11) is -3.83. The van der Waals surface area contributed by atoms with Crippen molar-refractivity contribution in [2.24, 2.45) is 0 Å². The zero-order valence-electron chi connectivity index (χ0n) is 8.84. The van der Waals surface area contributed by atoms with Gasteiger partial charge in [0.2, 0.25) is 5.95 Å². The molecule has 0 bridgehead atoms. The molecular formula is C10H7Cl2N3O2S. The van der Waals surface area contributed by atoms with Gasteiger partial charge in [0.05, 0.1) is 5.02 Å². The van der Waals surface area contributed by atoms with Crippen molar-refractivity contribution in [2.75, 3.05) is 4.72 Å². The molecule has 0 amide bonds. The minimum atomic E-state index is -3.83. The Labute approximate surface area is 114 Å². The number of hydrogen-bond acceptors (Lipinski definition) is 4. The van der Waals surface area contributed by atoms with Gasteiger partial charge in [0.25, 0.3) is 10.0 Å². The Hall–Kier alpha value is -1.37. The first kappa shape index (κ1) is 13.1. The Morgan fingerprint density at radius 1 is 1.11 bits per heavy atom. The van der Waals surface area contributed by atoms with Gasteiger partial charge in [0, 0.05) is 6.20 Å². The van der Waals surface area contributed by atoms with Crippen molar-refractivity contribution in [3.05, 3.63) is 46.7 Å². The Balaban J connectivity index is 2.37. The molecule has 1 aromatic carbocycles. The lowest BCUT2D eigenvalue weighted by molar-refractivity contribution is 0.601. The zero-order valence-corrected chi connectivity index (χ0v) is 11.2. The van der Waals surface area contributed by atoms with Crippen LogP contribution < -0.4 is 4.72 Å². The number of hydrogen-bond donors (Lipinski definition) is 1. The third-order valence-electron chi connectivity index (χ3n) is 1.97. The Morgan fingerprint density at radius 3 is 2.50 bits per heavy atom. The van der Waals surface area contributed by atoms with Gasteiger partial charge >= 0.3 is 0 Å². The second kappa shape index (κ2) is 5.09. The van der Waals surface area contributed by atoms with E-state index < -0.39 is 10.0 Å². The fourth-order valence-electron chi connectivity index (χ4n) is 1.22. The van der Waals surface area contributed by atoms with E-state index in [4.69, 9.17) is 23.2 Å². The molecule has 0 aliphatic rings. The van der Waals surface area contributed by atoms with E-state index in [0.717, 1.165) is 0 Å². The van der Waals surface area contributed by atoms with E-state index in [1.165, 1.54) is 24.4 Å². The fraction of sp³-hybridized carbons (Fsp3) is 0. The predicted octanol–water partition coefficient (Wildman–Crippen LogP) is 2.58. The maximum absolute atomic E-state index is 12.0. The summed E-state index contributed by atoms with van der Waals surface area (Å²) in [6.45, 7) is 0. The fourth-order valence-corrected chi connectivity index (χ4v) is 2.83. The van der Waals surface area contributed by atoms with Crippen LogP contribution in [0.3, 0.4) is 0 Å². The number of benzene rings is 1. The van der Waals surface area contributed by atoms with E-state index in [0.29, 0.717) is 0 Å². The maximum atomic E-state index is 12.0. The molecule has 0 saturated carbocycles. The van der Waals surface area contributed by atoms with E-state index >= 15 is 0 Å². The molecular weight excluding hydrogens is 297 g/mol. The average Bonchev–Trinajstić information content (AvgIpc) is 2.28. The summed E-state index contributed by atoms with van der Waals surface area (Å²) in [6.07, 6.45) is 1.35. The predicted molar refractivity (Wildman–Crippen MR) is 69.3 cm³/mol. The number of rotatable bonds is 3. The van der Waals surface area contributed by atoms with E-state index in [1.54, 1.807) is 12.1 Å². The maximum Gasteiger partial charge on any atom is 0.265 e. The van der Waals surface area contributed by atoms with Crippen LogP contribution in [0.4, 0.5) is 5.95 Å². The topological polar surface area (TPSA) is 72.0 Å². The number of sulfonamides is 1. The van der Waals surface area contributed by atoms with Gasteiger partial charge in [-0.15, -0.1) is 0 Å². The molecule has 0 unspecified atom stereocenters. The highest BCUT2D eigenvalue weighted by Gasteiger charge is 2.18. The summed E-state index contributed by atoms with van der Waals surface area (Å²) < 4.78 is 26.2. The molecule has 0 aliphatic carbocycles. The SMILES string of the molecule is O=S(=O)(Nc1nccc(Cl)n1)c1ccccc1Cl. The average molecular weight is 304 g/mol. The first-order valence-electron chi connectivity index (χ1n) is 4.75. The highest BCUT2D eigenvalue weighted by atomic mass is 35.5. The third kappa shape index (κ3) is 2.90.